The average molecular weight is 616 g/mol. The van der Waals surface area contributed by atoms with E-state index in [1.165, 1.54) is 22.0 Å². The molecule has 0 amide bonds. The second-order valence-corrected chi connectivity index (χ2v) is 14.9. The van der Waals surface area contributed by atoms with E-state index in [1.807, 2.05) is 0 Å². The van der Waals surface area contributed by atoms with Crippen LogP contribution in [0.25, 0.3) is 11.2 Å². The Hall–Kier alpha value is -1.96. The number of aryl methyl sites for hydroxylation is 1. The molecule has 1 aromatic carbocycles. The maximum Gasteiger partial charge on any atom is 0.340 e. The van der Waals surface area contributed by atoms with E-state index in [-0.39, 0.29) is 16.3 Å². The van der Waals surface area contributed by atoms with Crippen LogP contribution in [0.15, 0.2) is 30.6 Å². The molecule has 4 heterocycles. The van der Waals surface area contributed by atoms with Gasteiger partial charge in [-0.1, -0.05) is 24.3 Å². The zero-order valence-corrected chi connectivity index (χ0v) is 23.6. The van der Waals surface area contributed by atoms with Gasteiger partial charge in [0.05, 0.1) is 12.9 Å². The minimum absolute atomic E-state index is 0.0108. The van der Waals surface area contributed by atoms with Gasteiger partial charge in [-0.3, -0.25) is 13.7 Å². The van der Waals surface area contributed by atoms with Gasteiger partial charge < -0.3 is 39.1 Å². The highest BCUT2D eigenvalue weighted by Crippen LogP contribution is 2.55. The smallest absolute Gasteiger partial charge is 0.340 e. The topological polar surface area (TPSA) is 201 Å². The molecule has 6 atom stereocenters. The molecule has 6 rings (SSSR count). The molecule has 2 fully saturated rings. The predicted octanol–water partition coefficient (Wildman–Crippen LogP) is 1.53. The molecule has 3 aromatic rings. The van der Waals surface area contributed by atoms with Gasteiger partial charge in [-0.25, -0.2) is 4.98 Å². The van der Waals surface area contributed by atoms with Gasteiger partial charge in [0.15, 0.2) is 29.1 Å². The van der Waals surface area contributed by atoms with E-state index in [9.17, 15) is 24.2 Å². The number of nitrogens with zero attached hydrogens (tertiary/aromatic N) is 5. The first-order chi connectivity index (χ1) is 18.9. The molecule has 0 radical (unpaired) electrons. The standard InChI is InChI=1S/C23H28ClN5O9P2/c24-22-26-19(28-8-7-23(10-28)6-5-13-3-1-2-4-14(13)23)16-20(27-22)29(11-25-16)21-18(31)17(30)15(38-21)9-37-40(35,36)12-39(32,33)34/h1-4,11,15,17-18,21,30-31H,5-10,12H2,(H,35,36)(H2,32,33,34)/t15-,17+,18?,21-,23?/m1/s1. The summed E-state index contributed by atoms with van der Waals surface area (Å²) < 4.78 is 35.0. The van der Waals surface area contributed by atoms with E-state index in [2.05, 4.69) is 44.1 Å². The molecule has 216 valence electrons. The summed E-state index contributed by atoms with van der Waals surface area (Å²) in [5, 5.41) is 21.2. The Bertz CT molecular complexity index is 1550. The lowest BCUT2D eigenvalue weighted by molar-refractivity contribution is -0.0483. The van der Waals surface area contributed by atoms with Crippen LogP contribution in [0.2, 0.25) is 5.28 Å². The maximum atomic E-state index is 12.0. The highest BCUT2D eigenvalue weighted by molar-refractivity contribution is 7.70. The first-order valence-corrected chi connectivity index (χ1v) is 16.6. The molecule has 14 nitrogen and oxygen atoms in total. The van der Waals surface area contributed by atoms with Crippen molar-refractivity contribution < 1.29 is 43.3 Å². The lowest BCUT2D eigenvalue weighted by Crippen LogP contribution is -2.33. The van der Waals surface area contributed by atoms with E-state index in [0.29, 0.717) is 11.3 Å². The van der Waals surface area contributed by atoms with E-state index in [0.717, 1.165) is 32.4 Å². The third-order valence-corrected chi connectivity index (χ3v) is 11.5. The van der Waals surface area contributed by atoms with E-state index >= 15 is 0 Å². The number of imidazole rings is 1. The van der Waals surface area contributed by atoms with Crippen LogP contribution in [0.3, 0.4) is 0 Å². The molecule has 1 aliphatic carbocycles. The Morgan fingerprint density at radius 1 is 1.12 bits per heavy atom. The molecular weight excluding hydrogens is 588 g/mol. The molecule has 2 aromatic heterocycles. The number of rotatable bonds is 7. The van der Waals surface area contributed by atoms with Crippen molar-refractivity contribution in [1.29, 1.82) is 0 Å². The minimum Gasteiger partial charge on any atom is -0.387 e. The normalized spacial score (nSPS) is 29.9. The fraction of sp³-hybridized carbons (Fsp3) is 0.522. The largest absolute Gasteiger partial charge is 0.387 e. The Kier molecular flexibility index (Phi) is 7.11. The number of benzene rings is 1. The lowest BCUT2D eigenvalue weighted by atomic mass is 9.81. The number of aliphatic hydroxyl groups is 2. The van der Waals surface area contributed by atoms with Crippen LogP contribution in [0.1, 0.15) is 30.2 Å². The first kappa shape index (κ1) is 28.2. The number of fused-ring (bicyclic) bond motifs is 3. The third-order valence-electron chi connectivity index (χ3n) is 7.91. The molecule has 0 bridgehead atoms. The van der Waals surface area contributed by atoms with Gasteiger partial charge in [-0.05, 0) is 42.0 Å². The second-order valence-electron chi connectivity index (χ2n) is 10.5. The molecule has 40 heavy (non-hydrogen) atoms. The van der Waals surface area contributed by atoms with E-state index < -0.39 is 52.2 Å². The SMILES string of the molecule is O=P(O)(O)CP(=O)(O)OC[C@H]1O[C@@H](n2cnc3c(N4CCC5(CCc6ccccc65)C4)nc(Cl)nc32)C(O)[C@H]1O. The molecule has 1 spiro atoms. The fourth-order valence-corrected chi connectivity index (χ4v) is 8.81. The third kappa shape index (κ3) is 5.11. The van der Waals surface area contributed by atoms with Crippen LogP contribution in [0, 0.1) is 0 Å². The lowest BCUT2D eigenvalue weighted by Gasteiger charge is -2.26. The van der Waals surface area contributed by atoms with Crippen LogP contribution in [-0.4, -0.2) is 88.3 Å². The van der Waals surface area contributed by atoms with Crippen molar-refractivity contribution in [2.45, 2.75) is 49.2 Å². The molecule has 3 aliphatic rings. The van der Waals surface area contributed by atoms with E-state index in [1.54, 1.807) is 0 Å². The molecular formula is C23H28ClN5O9P2. The van der Waals surface area contributed by atoms with Gasteiger partial charge >= 0.3 is 15.2 Å². The van der Waals surface area contributed by atoms with Crippen molar-refractivity contribution in [2.24, 2.45) is 0 Å². The summed E-state index contributed by atoms with van der Waals surface area (Å²) in [4.78, 5) is 43.1. The van der Waals surface area contributed by atoms with Gasteiger partial charge in [0, 0.05) is 18.5 Å². The van der Waals surface area contributed by atoms with Gasteiger partial charge in [-0.15, -0.1) is 0 Å². The number of aliphatic hydroxyl groups excluding tert-OH is 2. The van der Waals surface area contributed by atoms with Crippen molar-refractivity contribution in [1.82, 2.24) is 19.5 Å². The van der Waals surface area contributed by atoms with Gasteiger partial charge in [-0.2, -0.15) is 9.97 Å². The highest BCUT2D eigenvalue weighted by Gasteiger charge is 2.47. The molecule has 2 aliphatic heterocycles. The number of hydrogen-bond donors (Lipinski definition) is 5. The van der Waals surface area contributed by atoms with Crippen molar-refractivity contribution in [3.05, 3.63) is 47.0 Å². The maximum absolute atomic E-state index is 12.0. The van der Waals surface area contributed by atoms with Crippen LogP contribution in [-0.2, 0) is 30.2 Å². The first-order valence-electron chi connectivity index (χ1n) is 12.6. The van der Waals surface area contributed by atoms with Crippen LogP contribution in [0.4, 0.5) is 5.82 Å². The zero-order chi connectivity index (χ0) is 28.4. The Labute approximate surface area is 233 Å². The van der Waals surface area contributed by atoms with Crippen molar-refractivity contribution >= 4 is 43.8 Å². The van der Waals surface area contributed by atoms with Gasteiger partial charge in [0.25, 0.3) is 0 Å². The molecule has 5 N–H and O–H groups in total. The molecule has 2 saturated heterocycles. The summed E-state index contributed by atoms with van der Waals surface area (Å²) in [7, 11) is -9.52. The Morgan fingerprint density at radius 3 is 2.67 bits per heavy atom. The number of halogens is 1. The fourth-order valence-electron chi connectivity index (χ4n) is 6.08. The molecule has 0 saturated carbocycles. The highest BCUT2D eigenvalue weighted by atomic mass is 35.5. The Morgan fingerprint density at radius 2 is 1.90 bits per heavy atom. The van der Waals surface area contributed by atoms with Crippen molar-refractivity contribution in [3.63, 3.8) is 0 Å². The minimum atomic E-state index is -4.83. The summed E-state index contributed by atoms with van der Waals surface area (Å²) in [5.41, 5.74) is 3.42. The predicted molar refractivity (Wildman–Crippen MR) is 142 cm³/mol. The van der Waals surface area contributed by atoms with Crippen molar-refractivity contribution in [3.8, 4) is 0 Å². The summed E-state index contributed by atoms with van der Waals surface area (Å²) in [6.45, 7) is 0.767. The Balaban J connectivity index is 1.24. The van der Waals surface area contributed by atoms with Gasteiger partial charge in [0.1, 0.15) is 18.3 Å². The zero-order valence-electron chi connectivity index (χ0n) is 21.0. The summed E-state index contributed by atoms with van der Waals surface area (Å²) in [5.74, 6) is -0.843. The van der Waals surface area contributed by atoms with Crippen LogP contribution >= 0.6 is 26.8 Å². The summed E-state index contributed by atoms with van der Waals surface area (Å²) in [6, 6.07) is 8.48. The van der Waals surface area contributed by atoms with E-state index in [4.69, 9.17) is 30.6 Å². The van der Waals surface area contributed by atoms with Crippen molar-refractivity contribution in [2.75, 3.05) is 30.5 Å². The number of ether oxygens (including phenoxy) is 1. The summed E-state index contributed by atoms with van der Waals surface area (Å²) >= 11 is 6.33. The number of aromatic nitrogens is 4. The second kappa shape index (κ2) is 10.1. The van der Waals surface area contributed by atoms with Crippen LogP contribution < -0.4 is 4.90 Å². The quantitative estimate of drug-likeness (QED) is 0.189. The van der Waals surface area contributed by atoms with Gasteiger partial charge in [0.2, 0.25) is 5.28 Å². The average Bonchev–Trinajstić information content (AvgIpc) is 3.64. The number of hydrogen-bond acceptors (Lipinski definition) is 10. The molecule has 3 unspecified atom stereocenters. The summed E-state index contributed by atoms with van der Waals surface area (Å²) in [6.07, 6.45) is -1.16. The van der Waals surface area contributed by atoms with Crippen LogP contribution in [0.5, 0.6) is 0 Å². The monoisotopic (exact) mass is 615 g/mol. The molecule has 17 heteroatoms. The number of anilines is 1.